The molecule has 2 atom stereocenters. The lowest BCUT2D eigenvalue weighted by molar-refractivity contribution is -0.143. The number of ether oxygens (including phenoxy) is 2. The Morgan fingerprint density at radius 2 is 1.58 bits per heavy atom. The van der Waals surface area contributed by atoms with Crippen molar-refractivity contribution in [1.29, 1.82) is 0 Å². The van der Waals surface area contributed by atoms with Gasteiger partial charge in [0.1, 0.15) is 5.66 Å². The molecular weight excluding hydrogens is 753 g/mol. The van der Waals surface area contributed by atoms with Gasteiger partial charge in [0.05, 0.1) is 59.9 Å². The molecule has 2 N–H and O–H groups in total. The van der Waals surface area contributed by atoms with Gasteiger partial charge in [-0.3, -0.25) is 9.88 Å². The Labute approximate surface area is 296 Å². The molecule has 1 aromatic carbocycles. The fourth-order valence-electron chi connectivity index (χ4n) is 6.18. The van der Waals surface area contributed by atoms with Crippen LogP contribution in [0.3, 0.4) is 0 Å². The van der Waals surface area contributed by atoms with E-state index in [0.29, 0.717) is 44.1 Å². The van der Waals surface area contributed by atoms with Crippen LogP contribution in [-0.4, -0.2) is 68.6 Å². The Morgan fingerprint density at radius 1 is 0.962 bits per heavy atom. The highest BCUT2D eigenvalue weighted by molar-refractivity contribution is 7.87. The largest absolute Gasteiger partial charge is 0.534 e. The number of anilines is 2. The Morgan fingerprint density at radius 3 is 2.13 bits per heavy atom. The second kappa shape index (κ2) is 14.5. The number of halogens is 9. The summed E-state index contributed by atoms with van der Waals surface area (Å²) in [5, 5.41) is 0. The summed E-state index contributed by atoms with van der Waals surface area (Å²) in [5.74, 6) is -2.30. The van der Waals surface area contributed by atoms with E-state index in [-0.39, 0.29) is 48.2 Å². The summed E-state index contributed by atoms with van der Waals surface area (Å²) in [5.41, 5.74) is -4.18. The molecule has 0 saturated carbocycles. The van der Waals surface area contributed by atoms with E-state index in [9.17, 15) is 52.7 Å². The SMILES string of the molecule is CCOC(=O)N1c2ccc(OS(=O)(=O)C(F)(F)F)nc2[C@H](c2ncc(N3CCOCC3)cc2Cc2cc(C(F)(F)F)cc(C(F)(F)F)c2)C[C@@]1(N)CC. The first-order valence-electron chi connectivity index (χ1n) is 16.0. The van der Waals surface area contributed by atoms with E-state index in [1.165, 1.54) is 19.2 Å². The summed E-state index contributed by atoms with van der Waals surface area (Å²) in [6.45, 7) is 4.31. The van der Waals surface area contributed by atoms with Gasteiger partial charge in [-0.25, -0.2) is 9.78 Å². The van der Waals surface area contributed by atoms with Crippen LogP contribution in [-0.2, 0) is 38.4 Å². The van der Waals surface area contributed by atoms with E-state index in [2.05, 4.69) is 14.2 Å². The molecule has 0 bridgehead atoms. The van der Waals surface area contributed by atoms with Gasteiger partial charge in [-0.1, -0.05) is 6.92 Å². The van der Waals surface area contributed by atoms with Gasteiger partial charge in [0.25, 0.3) is 0 Å². The molecule has 5 rings (SSSR count). The highest BCUT2D eigenvalue weighted by atomic mass is 32.2. The summed E-state index contributed by atoms with van der Waals surface area (Å²) in [7, 11) is -6.23. The molecule has 2 aliphatic heterocycles. The molecule has 21 heteroatoms. The van der Waals surface area contributed by atoms with Gasteiger partial charge in [-0.2, -0.15) is 47.9 Å². The van der Waals surface area contributed by atoms with E-state index in [4.69, 9.17) is 15.2 Å². The van der Waals surface area contributed by atoms with Crippen LogP contribution in [0, 0.1) is 0 Å². The van der Waals surface area contributed by atoms with Gasteiger partial charge in [0.2, 0.25) is 5.88 Å². The maximum Gasteiger partial charge on any atom is 0.534 e. The number of carbonyl (C=O) groups is 1. The number of amides is 1. The lowest BCUT2D eigenvalue weighted by Crippen LogP contribution is -2.61. The summed E-state index contributed by atoms with van der Waals surface area (Å²) in [4.78, 5) is 24.7. The van der Waals surface area contributed by atoms with E-state index in [1.807, 2.05) is 4.90 Å². The number of nitrogens with two attached hydrogens (primary N) is 1. The number of nitrogens with zero attached hydrogens (tertiary/aromatic N) is 4. The second-order valence-electron chi connectivity index (χ2n) is 12.2. The van der Waals surface area contributed by atoms with Crippen molar-refractivity contribution in [1.82, 2.24) is 9.97 Å². The average molecular weight is 786 g/mol. The summed E-state index contributed by atoms with van der Waals surface area (Å²) >= 11 is 0. The van der Waals surface area contributed by atoms with E-state index < -0.39 is 74.6 Å². The number of pyridine rings is 2. The quantitative estimate of drug-likeness (QED) is 0.149. The molecule has 53 heavy (non-hydrogen) atoms. The van der Waals surface area contributed by atoms with Crippen molar-refractivity contribution in [2.75, 3.05) is 42.7 Å². The van der Waals surface area contributed by atoms with E-state index in [1.54, 1.807) is 6.92 Å². The zero-order valence-corrected chi connectivity index (χ0v) is 28.7. The molecule has 0 spiro atoms. The van der Waals surface area contributed by atoms with E-state index in [0.717, 1.165) is 17.0 Å². The Bertz CT molecular complexity index is 1920. The predicted octanol–water partition coefficient (Wildman–Crippen LogP) is 6.73. The van der Waals surface area contributed by atoms with Crippen LogP contribution in [0.4, 0.5) is 55.7 Å². The molecule has 290 valence electrons. The van der Waals surface area contributed by atoms with Crippen LogP contribution in [0.25, 0.3) is 0 Å². The molecule has 1 saturated heterocycles. The van der Waals surface area contributed by atoms with Crippen LogP contribution in [0.2, 0.25) is 0 Å². The monoisotopic (exact) mass is 785 g/mol. The Hall–Kier alpha value is -4.37. The third-order valence-corrected chi connectivity index (χ3v) is 9.68. The highest BCUT2D eigenvalue weighted by Gasteiger charge is 2.50. The van der Waals surface area contributed by atoms with Gasteiger partial charge in [0.15, 0.2) is 0 Å². The number of carbonyl (C=O) groups excluding carboxylic acids is 1. The fraction of sp³-hybridized carbons (Fsp3) is 0.469. The van der Waals surface area contributed by atoms with Crippen LogP contribution < -0.4 is 19.7 Å². The summed E-state index contributed by atoms with van der Waals surface area (Å²) in [6.07, 6.45) is -10.8. The van der Waals surface area contributed by atoms with Crippen LogP contribution in [0.5, 0.6) is 5.88 Å². The molecule has 0 radical (unpaired) electrons. The number of hydrogen-bond acceptors (Lipinski definition) is 10. The number of fused-ring (bicyclic) bond motifs is 1. The Kier molecular flexibility index (Phi) is 10.9. The first kappa shape index (κ1) is 39.8. The Balaban J connectivity index is 1.75. The fourth-order valence-corrected chi connectivity index (χ4v) is 6.59. The summed E-state index contributed by atoms with van der Waals surface area (Å²) < 4.78 is 161. The van der Waals surface area contributed by atoms with Crippen LogP contribution in [0.15, 0.2) is 42.6 Å². The van der Waals surface area contributed by atoms with E-state index >= 15 is 0 Å². The molecule has 0 unspecified atom stereocenters. The van der Waals surface area contributed by atoms with Gasteiger partial charge >= 0.3 is 34.1 Å². The maximum atomic E-state index is 13.8. The third kappa shape index (κ3) is 8.40. The molecule has 1 amide bonds. The molecule has 2 aliphatic rings. The van der Waals surface area contributed by atoms with Gasteiger partial charge < -0.3 is 24.3 Å². The molecule has 4 heterocycles. The molecule has 3 aromatic rings. The van der Waals surface area contributed by atoms with Crippen molar-refractivity contribution < 1.29 is 66.4 Å². The lowest BCUT2D eigenvalue weighted by Gasteiger charge is -2.46. The highest BCUT2D eigenvalue weighted by Crippen LogP contribution is 2.47. The second-order valence-corrected chi connectivity index (χ2v) is 13.8. The normalized spacial score (nSPS) is 19.9. The zero-order chi connectivity index (χ0) is 39.1. The molecule has 1 fully saturated rings. The van der Waals surface area contributed by atoms with Crippen molar-refractivity contribution in [3.05, 3.63) is 76.2 Å². The third-order valence-electron chi connectivity index (χ3n) is 8.73. The number of hydrogen-bond donors (Lipinski definition) is 1. The number of morpholine rings is 1. The predicted molar refractivity (Wildman–Crippen MR) is 170 cm³/mol. The van der Waals surface area contributed by atoms with Crippen molar-refractivity contribution in [2.24, 2.45) is 5.73 Å². The minimum atomic E-state index is -6.23. The van der Waals surface area contributed by atoms with Gasteiger partial charge in [-0.05, 0) is 67.6 Å². The van der Waals surface area contributed by atoms with Crippen molar-refractivity contribution >= 4 is 27.6 Å². The molecular formula is C32H32F9N5O6S. The minimum absolute atomic E-state index is 0.0152. The summed E-state index contributed by atoms with van der Waals surface area (Å²) in [6, 6.07) is 4.39. The minimum Gasteiger partial charge on any atom is -0.449 e. The number of alkyl halides is 9. The lowest BCUT2D eigenvalue weighted by atomic mass is 9.80. The van der Waals surface area contributed by atoms with Crippen molar-refractivity contribution in [2.45, 2.75) is 62.6 Å². The van der Waals surface area contributed by atoms with Crippen molar-refractivity contribution in [3.63, 3.8) is 0 Å². The first-order valence-corrected chi connectivity index (χ1v) is 17.4. The standard InChI is InChI=1S/C32H32F9N5O6S/c1-3-29(42)16-23(27-24(46(29)28(47)51-4-2)5-6-25(44-27)52-53(48,49)32(39,40)41)26-19(14-22(17-43-26)45-7-9-50-10-8-45)11-18-12-20(30(33,34)35)15-21(13-18)31(36,37)38/h5-6,12-15,17,23H,3-4,7-11,16,42H2,1-2H3/t23-,29+/m0/s1. The topological polar surface area (TPSA) is 137 Å². The van der Waals surface area contributed by atoms with Crippen LogP contribution >= 0.6 is 0 Å². The smallest absolute Gasteiger partial charge is 0.449 e. The number of rotatable bonds is 8. The maximum absolute atomic E-state index is 13.8. The van der Waals surface area contributed by atoms with Gasteiger partial charge in [-0.15, -0.1) is 0 Å². The average Bonchev–Trinajstić information content (AvgIpc) is 3.07. The first-order chi connectivity index (χ1) is 24.6. The zero-order valence-electron chi connectivity index (χ0n) is 27.9. The van der Waals surface area contributed by atoms with Crippen molar-refractivity contribution in [3.8, 4) is 5.88 Å². The van der Waals surface area contributed by atoms with Gasteiger partial charge in [0, 0.05) is 25.1 Å². The van der Waals surface area contributed by atoms with Crippen LogP contribution in [0.1, 0.15) is 66.2 Å². The molecule has 0 aliphatic carbocycles. The molecule has 2 aromatic heterocycles. The molecule has 11 nitrogen and oxygen atoms in total. The number of benzene rings is 1. The number of aromatic nitrogens is 2.